The van der Waals surface area contributed by atoms with Gasteiger partial charge >= 0.3 is 0 Å². The van der Waals surface area contributed by atoms with Crippen molar-refractivity contribution < 1.29 is 4.57 Å². The van der Waals surface area contributed by atoms with Crippen LogP contribution in [0.4, 0.5) is 0 Å². The maximum Gasteiger partial charge on any atom is 0.213 e. The first-order valence-electron chi connectivity index (χ1n) is 9.06. The Hall–Kier alpha value is -2.41. The van der Waals surface area contributed by atoms with Gasteiger partial charge in [0.15, 0.2) is 11.7 Å². The monoisotopic (exact) mass is 328 g/mol. The Morgan fingerprint density at radius 3 is 2.12 bits per heavy atom. The van der Waals surface area contributed by atoms with Gasteiger partial charge in [0.1, 0.15) is 0 Å². The summed E-state index contributed by atoms with van der Waals surface area (Å²) in [7, 11) is 0. The number of benzene rings is 2. The van der Waals surface area contributed by atoms with Crippen LogP contribution in [0, 0.1) is 6.92 Å². The molecular weight excluding hydrogens is 302 g/mol. The van der Waals surface area contributed by atoms with Gasteiger partial charge in [0.25, 0.3) is 0 Å². The van der Waals surface area contributed by atoms with Crippen LogP contribution in [0.1, 0.15) is 38.8 Å². The van der Waals surface area contributed by atoms with E-state index < -0.39 is 0 Å². The van der Waals surface area contributed by atoms with E-state index in [-0.39, 0.29) is 11.0 Å². The molecule has 0 atom stereocenters. The molecule has 0 radical (unpaired) electrons. The smallest absolute Gasteiger partial charge is 0.192 e. The van der Waals surface area contributed by atoms with Gasteiger partial charge in [-0.25, -0.2) is 0 Å². The SMILES string of the molecule is Cc1cc2[n+](cc1-c1ccccc1)C(C)(C)C(C)(C)c1ccccc1-2. The molecule has 0 spiro atoms. The molecule has 126 valence electrons. The predicted molar refractivity (Wildman–Crippen MR) is 105 cm³/mol. The number of fused-ring (bicyclic) bond motifs is 3. The van der Waals surface area contributed by atoms with Crippen LogP contribution in [-0.2, 0) is 11.0 Å². The van der Waals surface area contributed by atoms with Crippen molar-refractivity contribution in [1.82, 2.24) is 0 Å². The van der Waals surface area contributed by atoms with E-state index in [1.54, 1.807) is 0 Å². The third kappa shape index (κ3) is 2.18. The summed E-state index contributed by atoms with van der Waals surface area (Å²) in [6, 6.07) is 21.9. The van der Waals surface area contributed by atoms with Crippen LogP contribution in [0.3, 0.4) is 0 Å². The van der Waals surface area contributed by atoms with Crippen molar-refractivity contribution in [2.75, 3.05) is 0 Å². The lowest BCUT2D eigenvalue weighted by atomic mass is 9.65. The molecule has 0 aliphatic carbocycles. The van der Waals surface area contributed by atoms with Gasteiger partial charge in [0, 0.05) is 25.5 Å². The summed E-state index contributed by atoms with van der Waals surface area (Å²) in [4.78, 5) is 0. The van der Waals surface area contributed by atoms with E-state index in [9.17, 15) is 0 Å². The molecule has 0 bridgehead atoms. The molecule has 1 heteroatoms. The fourth-order valence-corrected chi connectivity index (χ4v) is 4.12. The largest absolute Gasteiger partial charge is 0.213 e. The van der Waals surface area contributed by atoms with Gasteiger partial charge in [-0.2, -0.15) is 4.57 Å². The predicted octanol–water partition coefficient (Wildman–Crippen LogP) is 5.64. The van der Waals surface area contributed by atoms with Crippen molar-refractivity contribution in [3.8, 4) is 22.4 Å². The zero-order chi connectivity index (χ0) is 17.8. The zero-order valence-corrected chi connectivity index (χ0v) is 15.8. The van der Waals surface area contributed by atoms with E-state index in [0.717, 1.165) is 0 Å². The Morgan fingerprint density at radius 2 is 1.40 bits per heavy atom. The van der Waals surface area contributed by atoms with Crippen molar-refractivity contribution in [2.45, 2.75) is 45.6 Å². The van der Waals surface area contributed by atoms with Gasteiger partial charge in [0.05, 0.1) is 11.0 Å². The number of aryl methyl sites for hydroxylation is 1. The molecule has 0 unspecified atom stereocenters. The lowest BCUT2D eigenvalue weighted by molar-refractivity contribution is -0.759. The Kier molecular flexibility index (Phi) is 3.40. The highest BCUT2D eigenvalue weighted by molar-refractivity contribution is 5.71. The van der Waals surface area contributed by atoms with Crippen LogP contribution in [0.25, 0.3) is 22.4 Å². The first-order chi connectivity index (χ1) is 11.8. The molecule has 1 aliphatic rings. The van der Waals surface area contributed by atoms with E-state index in [0.29, 0.717) is 0 Å². The molecular formula is C24H26N+. The second kappa shape index (κ2) is 5.29. The van der Waals surface area contributed by atoms with Crippen molar-refractivity contribution in [2.24, 2.45) is 0 Å². The second-order valence-corrected chi connectivity index (χ2v) is 8.22. The number of hydrogen-bond acceptors (Lipinski definition) is 0. The van der Waals surface area contributed by atoms with Gasteiger partial charge in [-0.3, -0.25) is 0 Å². The standard InChI is InChI=1S/C24H26N/c1-17-15-22-19-13-9-10-14-21(19)23(2,3)24(4,5)25(22)16-20(17)18-11-7-6-8-12-18/h6-16H,1-5H3/q+1. The van der Waals surface area contributed by atoms with Crippen LogP contribution in [-0.4, -0.2) is 0 Å². The lowest BCUT2D eigenvalue weighted by Crippen LogP contribution is -2.65. The van der Waals surface area contributed by atoms with Gasteiger partial charge in [-0.15, -0.1) is 0 Å². The Morgan fingerprint density at radius 1 is 0.760 bits per heavy atom. The number of pyridine rings is 1. The third-order valence-electron chi connectivity index (χ3n) is 6.39. The number of aromatic nitrogens is 1. The van der Waals surface area contributed by atoms with Gasteiger partial charge < -0.3 is 0 Å². The summed E-state index contributed by atoms with van der Waals surface area (Å²) in [5, 5.41) is 0. The summed E-state index contributed by atoms with van der Waals surface area (Å²) in [6.07, 6.45) is 2.36. The van der Waals surface area contributed by atoms with Crippen LogP contribution < -0.4 is 4.57 Å². The molecule has 2 aromatic carbocycles. The van der Waals surface area contributed by atoms with Crippen molar-refractivity contribution in [1.29, 1.82) is 0 Å². The van der Waals surface area contributed by atoms with E-state index in [4.69, 9.17) is 0 Å². The molecule has 2 heterocycles. The van der Waals surface area contributed by atoms with Gasteiger partial charge in [-0.05, 0) is 43.5 Å². The van der Waals surface area contributed by atoms with E-state index >= 15 is 0 Å². The molecule has 1 nitrogen and oxygen atoms in total. The highest BCUT2D eigenvalue weighted by Crippen LogP contribution is 2.46. The molecule has 0 saturated heterocycles. The summed E-state index contributed by atoms with van der Waals surface area (Å²) in [5.41, 5.74) is 8.05. The Labute approximate surface area is 151 Å². The first kappa shape index (κ1) is 16.1. The van der Waals surface area contributed by atoms with Crippen LogP contribution in [0.5, 0.6) is 0 Å². The van der Waals surface area contributed by atoms with Gasteiger partial charge in [0.2, 0.25) is 5.69 Å². The summed E-state index contributed by atoms with van der Waals surface area (Å²) in [5.74, 6) is 0. The third-order valence-corrected chi connectivity index (χ3v) is 6.39. The zero-order valence-electron chi connectivity index (χ0n) is 15.8. The minimum atomic E-state index is -0.0199. The Bertz CT molecular complexity index is 949. The highest BCUT2D eigenvalue weighted by Gasteiger charge is 2.52. The molecule has 0 saturated carbocycles. The summed E-state index contributed by atoms with van der Waals surface area (Å²) in [6.45, 7) is 11.7. The van der Waals surface area contributed by atoms with Crippen LogP contribution in [0.15, 0.2) is 66.9 Å². The van der Waals surface area contributed by atoms with Crippen molar-refractivity contribution >= 4 is 0 Å². The average molecular weight is 328 g/mol. The molecule has 0 fully saturated rings. The average Bonchev–Trinajstić information content (AvgIpc) is 2.61. The molecule has 3 aromatic rings. The maximum absolute atomic E-state index is 2.49. The molecule has 1 aliphatic heterocycles. The molecule has 1 aromatic heterocycles. The molecule has 25 heavy (non-hydrogen) atoms. The minimum Gasteiger partial charge on any atom is -0.192 e. The van der Waals surface area contributed by atoms with Crippen molar-refractivity contribution in [3.05, 3.63) is 78.0 Å². The molecule has 0 N–H and O–H groups in total. The topological polar surface area (TPSA) is 3.88 Å². The number of rotatable bonds is 1. The van der Waals surface area contributed by atoms with Crippen molar-refractivity contribution in [3.63, 3.8) is 0 Å². The Balaban J connectivity index is 2.05. The quantitative estimate of drug-likeness (QED) is 0.509. The van der Waals surface area contributed by atoms with Gasteiger partial charge in [-0.1, -0.05) is 48.5 Å². The fourth-order valence-electron chi connectivity index (χ4n) is 4.12. The summed E-state index contributed by atoms with van der Waals surface area (Å²) < 4.78 is 2.49. The molecule has 4 rings (SSSR count). The number of nitrogens with zero attached hydrogens (tertiary/aromatic N) is 1. The normalized spacial score (nSPS) is 16.8. The second-order valence-electron chi connectivity index (χ2n) is 8.22. The maximum atomic E-state index is 2.49. The van der Waals surface area contributed by atoms with Crippen LogP contribution >= 0.6 is 0 Å². The fraction of sp³-hybridized carbons (Fsp3) is 0.292. The summed E-state index contributed by atoms with van der Waals surface area (Å²) >= 11 is 0. The lowest BCUT2D eigenvalue weighted by Gasteiger charge is -2.42. The minimum absolute atomic E-state index is 0.0199. The first-order valence-corrected chi connectivity index (χ1v) is 9.06. The molecule has 0 amide bonds. The highest BCUT2D eigenvalue weighted by atomic mass is 15.1. The number of hydrogen-bond donors (Lipinski definition) is 0. The van der Waals surface area contributed by atoms with E-state index in [2.05, 4.69) is 106 Å². The van der Waals surface area contributed by atoms with Crippen LogP contribution in [0.2, 0.25) is 0 Å². The van der Waals surface area contributed by atoms with E-state index in [1.807, 2.05) is 0 Å². The van der Waals surface area contributed by atoms with E-state index in [1.165, 1.54) is 33.5 Å².